The molecule has 2 aromatic carbocycles. The second-order valence-electron chi connectivity index (χ2n) is 5.60. The molecule has 1 heterocycles. The Bertz CT molecular complexity index is 788. The fourth-order valence-corrected chi connectivity index (χ4v) is 3.81. The third-order valence-corrected chi connectivity index (χ3v) is 5.06. The van der Waals surface area contributed by atoms with Crippen LogP contribution in [0.4, 0.5) is 15.8 Å². The van der Waals surface area contributed by atoms with E-state index in [9.17, 15) is 12.8 Å². The fourth-order valence-electron chi connectivity index (χ4n) is 2.60. The Morgan fingerprint density at radius 1 is 1.04 bits per heavy atom. The summed E-state index contributed by atoms with van der Waals surface area (Å²) in [4.78, 5) is 2.18. The van der Waals surface area contributed by atoms with Gasteiger partial charge >= 0.3 is 0 Å². The van der Waals surface area contributed by atoms with Crippen molar-refractivity contribution in [2.24, 2.45) is 0 Å². The molecule has 1 aliphatic rings. The Morgan fingerprint density at radius 3 is 2.38 bits per heavy atom. The third kappa shape index (κ3) is 4.24. The van der Waals surface area contributed by atoms with Gasteiger partial charge in [0.15, 0.2) is 0 Å². The first-order valence-corrected chi connectivity index (χ1v) is 9.35. The molecule has 0 aliphatic carbocycles. The number of nitrogens with zero attached hydrogens (tertiary/aromatic N) is 1. The highest BCUT2D eigenvalue weighted by atomic mass is 32.2. The maximum atomic E-state index is 13.6. The Hall–Kier alpha value is -2.12. The zero-order valence-corrected chi connectivity index (χ0v) is 13.9. The van der Waals surface area contributed by atoms with E-state index in [-0.39, 0.29) is 5.56 Å². The highest BCUT2D eigenvalue weighted by molar-refractivity contribution is 7.91. The van der Waals surface area contributed by atoms with Crippen LogP contribution in [0, 0.1) is 5.82 Å². The van der Waals surface area contributed by atoms with Crippen LogP contribution in [-0.2, 0) is 20.5 Å². The maximum absolute atomic E-state index is 13.6. The molecule has 3 rings (SSSR count). The van der Waals surface area contributed by atoms with Gasteiger partial charge in [0.05, 0.1) is 19.0 Å². The number of hydrogen-bond donors (Lipinski definition) is 1. The van der Waals surface area contributed by atoms with Crippen molar-refractivity contribution in [2.75, 3.05) is 35.9 Å². The minimum absolute atomic E-state index is 0.148. The second kappa shape index (κ2) is 7.19. The second-order valence-corrected chi connectivity index (χ2v) is 7.32. The van der Waals surface area contributed by atoms with Crippen molar-refractivity contribution in [1.82, 2.24) is 0 Å². The van der Waals surface area contributed by atoms with Crippen LogP contribution in [0.1, 0.15) is 5.56 Å². The van der Waals surface area contributed by atoms with Crippen molar-refractivity contribution < 1.29 is 17.5 Å². The normalized spacial score (nSPS) is 15.3. The van der Waals surface area contributed by atoms with Crippen LogP contribution in [0.15, 0.2) is 48.5 Å². The van der Waals surface area contributed by atoms with E-state index in [1.807, 2.05) is 12.1 Å². The van der Waals surface area contributed by atoms with Gasteiger partial charge in [0.25, 0.3) is 0 Å². The maximum Gasteiger partial charge on any atom is 0.237 e. The van der Waals surface area contributed by atoms with E-state index in [1.165, 1.54) is 18.2 Å². The summed E-state index contributed by atoms with van der Waals surface area (Å²) in [6.07, 6.45) is 0. The highest BCUT2D eigenvalue weighted by Crippen LogP contribution is 2.20. The molecule has 0 atom stereocenters. The van der Waals surface area contributed by atoms with Crippen LogP contribution >= 0.6 is 0 Å². The summed E-state index contributed by atoms with van der Waals surface area (Å²) >= 11 is 0. The van der Waals surface area contributed by atoms with Crippen molar-refractivity contribution in [3.63, 3.8) is 0 Å². The smallest absolute Gasteiger partial charge is 0.237 e. The fraction of sp³-hybridized carbons (Fsp3) is 0.294. The molecule has 1 fully saturated rings. The number of ether oxygens (including phenoxy) is 1. The molecular formula is C17H19FN2O3S. The average molecular weight is 350 g/mol. The Balaban J connectivity index is 1.67. The number of hydrogen-bond acceptors (Lipinski definition) is 4. The summed E-state index contributed by atoms with van der Waals surface area (Å²) in [5.74, 6) is -0.921. The molecule has 0 bridgehead atoms. The molecule has 0 radical (unpaired) electrons. The SMILES string of the molecule is O=S(=O)(Cc1ccccc1F)Nc1ccc(N2CCOCC2)cc1. The van der Waals surface area contributed by atoms with Gasteiger partial charge in [0, 0.05) is 30.0 Å². The van der Waals surface area contributed by atoms with Crippen LogP contribution in [0.25, 0.3) is 0 Å². The van der Waals surface area contributed by atoms with E-state index in [0.29, 0.717) is 18.9 Å². The zero-order valence-electron chi connectivity index (χ0n) is 13.1. The average Bonchev–Trinajstić information content (AvgIpc) is 2.58. The van der Waals surface area contributed by atoms with Crippen LogP contribution in [0.5, 0.6) is 0 Å². The van der Waals surface area contributed by atoms with Gasteiger partial charge in [-0.1, -0.05) is 18.2 Å². The lowest BCUT2D eigenvalue weighted by molar-refractivity contribution is 0.122. The van der Waals surface area contributed by atoms with E-state index in [1.54, 1.807) is 18.2 Å². The number of morpholine rings is 1. The van der Waals surface area contributed by atoms with Crippen molar-refractivity contribution in [1.29, 1.82) is 0 Å². The predicted octanol–water partition coefficient (Wildman–Crippen LogP) is 2.60. The molecule has 7 heteroatoms. The van der Waals surface area contributed by atoms with Gasteiger partial charge in [-0.25, -0.2) is 12.8 Å². The number of benzene rings is 2. The first-order chi connectivity index (χ1) is 11.5. The molecule has 128 valence electrons. The van der Waals surface area contributed by atoms with Crippen molar-refractivity contribution in [3.05, 3.63) is 59.9 Å². The van der Waals surface area contributed by atoms with Gasteiger partial charge in [-0.3, -0.25) is 4.72 Å². The van der Waals surface area contributed by atoms with Gasteiger partial charge < -0.3 is 9.64 Å². The predicted molar refractivity (Wildman–Crippen MR) is 92.1 cm³/mol. The standard InChI is InChI=1S/C17H19FN2O3S/c18-17-4-2-1-3-14(17)13-24(21,22)19-15-5-7-16(8-6-15)20-9-11-23-12-10-20/h1-8,19H,9-13H2. The topological polar surface area (TPSA) is 58.6 Å². The molecule has 1 N–H and O–H groups in total. The van der Waals surface area contributed by atoms with Gasteiger partial charge in [-0.05, 0) is 30.3 Å². The Morgan fingerprint density at radius 2 is 1.71 bits per heavy atom. The first-order valence-electron chi connectivity index (χ1n) is 7.70. The van der Waals surface area contributed by atoms with E-state index in [4.69, 9.17) is 4.74 Å². The van der Waals surface area contributed by atoms with Gasteiger partial charge in [-0.2, -0.15) is 0 Å². The molecule has 0 unspecified atom stereocenters. The quantitative estimate of drug-likeness (QED) is 0.901. The zero-order chi connectivity index (χ0) is 17.0. The molecule has 1 saturated heterocycles. The summed E-state index contributed by atoms with van der Waals surface area (Å²) in [6, 6.07) is 13.0. The summed E-state index contributed by atoms with van der Waals surface area (Å²) in [6.45, 7) is 3.02. The molecule has 5 nitrogen and oxygen atoms in total. The summed E-state index contributed by atoms with van der Waals surface area (Å²) in [7, 11) is -3.67. The molecule has 0 spiro atoms. The molecule has 0 saturated carbocycles. The molecular weight excluding hydrogens is 331 g/mol. The lowest BCUT2D eigenvalue weighted by atomic mass is 10.2. The molecule has 0 aromatic heterocycles. The molecule has 2 aromatic rings. The minimum Gasteiger partial charge on any atom is -0.378 e. The summed E-state index contributed by atoms with van der Waals surface area (Å²) in [5, 5.41) is 0. The van der Waals surface area contributed by atoms with Gasteiger partial charge in [0.1, 0.15) is 5.82 Å². The minimum atomic E-state index is -3.67. The number of halogens is 1. The van der Waals surface area contributed by atoms with Crippen LogP contribution in [0.3, 0.4) is 0 Å². The molecule has 0 amide bonds. The Labute approximate surface area is 141 Å². The number of anilines is 2. The lowest BCUT2D eigenvalue weighted by Crippen LogP contribution is -2.36. The number of rotatable bonds is 5. The lowest BCUT2D eigenvalue weighted by Gasteiger charge is -2.28. The van der Waals surface area contributed by atoms with Crippen LogP contribution in [0.2, 0.25) is 0 Å². The largest absolute Gasteiger partial charge is 0.378 e. The third-order valence-electron chi connectivity index (χ3n) is 3.82. The van der Waals surface area contributed by atoms with Crippen molar-refractivity contribution in [3.8, 4) is 0 Å². The van der Waals surface area contributed by atoms with Gasteiger partial charge in [0.2, 0.25) is 10.0 Å². The Kier molecular flexibility index (Phi) is 5.01. The highest BCUT2D eigenvalue weighted by Gasteiger charge is 2.15. The van der Waals surface area contributed by atoms with E-state index < -0.39 is 21.6 Å². The van der Waals surface area contributed by atoms with Crippen LogP contribution < -0.4 is 9.62 Å². The van der Waals surface area contributed by atoms with Crippen molar-refractivity contribution in [2.45, 2.75) is 5.75 Å². The van der Waals surface area contributed by atoms with Crippen molar-refractivity contribution >= 4 is 21.4 Å². The number of nitrogens with one attached hydrogen (secondary N) is 1. The van der Waals surface area contributed by atoms with Crippen LogP contribution in [-0.4, -0.2) is 34.7 Å². The summed E-state index contributed by atoms with van der Waals surface area (Å²) < 4.78 is 45.8. The van der Waals surface area contributed by atoms with Gasteiger partial charge in [-0.15, -0.1) is 0 Å². The molecule has 24 heavy (non-hydrogen) atoms. The first kappa shape index (κ1) is 16.7. The number of sulfonamides is 1. The summed E-state index contributed by atoms with van der Waals surface area (Å²) in [5.41, 5.74) is 1.63. The van der Waals surface area contributed by atoms with E-state index in [0.717, 1.165) is 18.8 Å². The molecule has 1 aliphatic heterocycles. The monoisotopic (exact) mass is 350 g/mol. The van der Waals surface area contributed by atoms with E-state index >= 15 is 0 Å². The van der Waals surface area contributed by atoms with E-state index in [2.05, 4.69) is 9.62 Å².